The van der Waals surface area contributed by atoms with E-state index in [4.69, 9.17) is 16.3 Å². The summed E-state index contributed by atoms with van der Waals surface area (Å²) in [5.74, 6) is 0.499. The monoisotopic (exact) mass is 336 g/mol. The van der Waals surface area contributed by atoms with Crippen LogP contribution in [0.15, 0.2) is 66.7 Å². The van der Waals surface area contributed by atoms with E-state index >= 15 is 0 Å². The molecule has 0 fully saturated rings. The number of halogens is 2. The summed E-state index contributed by atoms with van der Waals surface area (Å²) >= 11 is 6.30. The second kappa shape index (κ2) is 5.81. The molecule has 0 saturated heterocycles. The Balaban J connectivity index is 2.18. The fraction of sp³-hybridized carbons (Fsp3) is 0.0476. The number of methoxy groups -OCH3 is 1. The van der Waals surface area contributed by atoms with Gasteiger partial charge in [0.15, 0.2) is 0 Å². The molecule has 0 aliphatic carbocycles. The van der Waals surface area contributed by atoms with Gasteiger partial charge in [-0.3, -0.25) is 0 Å². The van der Waals surface area contributed by atoms with Gasteiger partial charge in [0.2, 0.25) is 0 Å². The van der Waals surface area contributed by atoms with Crippen molar-refractivity contribution >= 4 is 33.1 Å². The number of fused-ring (bicyclic) bond motifs is 2. The van der Waals surface area contributed by atoms with Crippen molar-refractivity contribution in [3.8, 4) is 16.9 Å². The van der Waals surface area contributed by atoms with Crippen molar-refractivity contribution in [2.45, 2.75) is 0 Å². The van der Waals surface area contributed by atoms with Gasteiger partial charge in [0.05, 0.1) is 7.11 Å². The minimum atomic E-state index is -0.258. The van der Waals surface area contributed by atoms with Gasteiger partial charge in [-0.2, -0.15) is 0 Å². The zero-order valence-electron chi connectivity index (χ0n) is 13.0. The fourth-order valence-electron chi connectivity index (χ4n) is 3.26. The van der Waals surface area contributed by atoms with Crippen LogP contribution in [0.2, 0.25) is 5.02 Å². The minimum absolute atomic E-state index is 0.258. The molecule has 3 heteroatoms. The molecule has 0 atom stereocenters. The number of rotatable bonds is 2. The third-order valence-corrected chi connectivity index (χ3v) is 4.49. The Hall–Kier alpha value is -2.58. The molecule has 0 saturated carbocycles. The molecule has 0 bridgehead atoms. The summed E-state index contributed by atoms with van der Waals surface area (Å²) in [7, 11) is 1.64. The van der Waals surface area contributed by atoms with Crippen LogP contribution in [0.25, 0.3) is 32.7 Å². The molecule has 4 aromatic rings. The Kier molecular flexibility index (Phi) is 3.62. The first-order valence-electron chi connectivity index (χ1n) is 7.63. The number of hydrogen-bond donors (Lipinski definition) is 0. The zero-order valence-corrected chi connectivity index (χ0v) is 13.8. The lowest BCUT2D eigenvalue weighted by Gasteiger charge is -2.14. The summed E-state index contributed by atoms with van der Waals surface area (Å²) in [4.78, 5) is 0. The van der Waals surface area contributed by atoms with Gasteiger partial charge in [-0.05, 0) is 46.2 Å². The highest BCUT2D eigenvalue weighted by atomic mass is 35.5. The van der Waals surface area contributed by atoms with Gasteiger partial charge in [-0.15, -0.1) is 0 Å². The smallest absolute Gasteiger partial charge is 0.131 e. The summed E-state index contributed by atoms with van der Waals surface area (Å²) in [6.07, 6.45) is 0. The van der Waals surface area contributed by atoms with Crippen molar-refractivity contribution in [1.82, 2.24) is 0 Å². The van der Waals surface area contributed by atoms with Crippen LogP contribution in [0.1, 0.15) is 0 Å². The third-order valence-electron chi connectivity index (χ3n) is 4.27. The molecule has 0 aliphatic heterocycles. The quantitative estimate of drug-likeness (QED) is 0.408. The van der Waals surface area contributed by atoms with Crippen molar-refractivity contribution in [2.75, 3.05) is 7.11 Å². The first-order chi connectivity index (χ1) is 11.7. The molecule has 0 aromatic heterocycles. The molecule has 1 nitrogen and oxygen atoms in total. The Bertz CT molecular complexity index is 1070. The zero-order chi connectivity index (χ0) is 16.7. The summed E-state index contributed by atoms with van der Waals surface area (Å²) in [6.45, 7) is 0. The molecule has 4 aromatic carbocycles. The van der Waals surface area contributed by atoms with Crippen LogP contribution in [-0.2, 0) is 0 Å². The van der Waals surface area contributed by atoms with Gasteiger partial charge < -0.3 is 4.74 Å². The summed E-state index contributed by atoms with van der Waals surface area (Å²) < 4.78 is 20.1. The predicted molar refractivity (Wildman–Crippen MR) is 98.4 cm³/mol. The highest BCUT2D eigenvalue weighted by molar-refractivity contribution is 6.32. The largest absolute Gasteiger partial charge is 0.496 e. The van der Waals surface area contributed by atoms with Crippen LogP contribution in [-0.4, -0.2) is 7.11 Å². The third kappa shape index (κ3) is 2.31. The van der Waals surface area contributed by atoms with E-state index in [9.17, 15) is 4.39 Å². The molecule has 0 amide bonds. The maximum atomic E-state index is 14.6. The topological polar surface area (TPSA) is 9.23 Å². The van der Waals surface area contributed by atoms with Crippen molar-refractivity contribution in [2.24, 2.45) is 0 Å². The fourth-order valence-corrected chi connectivity index (χ4v) is 3.49. The van der Waals surface area contributed by atoms with Crippen LogP contribution in [0.3, 0.4) is 0 Å². The summed E-state index contributed by atoms with van der Waals surface area (Å²) in [5.41, 5.74) is 1.67. The van der Waals surface area contributed by atoms with Gasteiger partial charge >= 0.3 is 0 Å². The molecule has 0 aliphatic rings. The lowest BCUT2D eigenvalue weighted by molar-refractivity contribution is 0.420. The standard InChI is InChI=1S/C21H14ClFO/c1-24-19-10-4-6-13-5-2-8-16(21(13)19)17-12-15(22)11-14-7-3-9-18(23)20(14)17/h2-12H,1H3. The van der Waals surface area contributed by atoms with E-state index in [1.54, 1.807) is 19.2 Å². The molecule has 118 valence electrons. The second-order valence-corrected chi connectivity index (χ2v) is 6.09. The molecule has 0 spiro atoms. The maximum absolute atomic E-state index is 14.6. The van der Waals surface area contributed by atoms with Crippen LogP contribution in [0, 0.1) is 5.82 Å². The van der Waals surface area contributed by atoms with Crippen LogP contribution in [0.4, 0.5) is 4.39 Å². The molecule has 0 unspecified atom stereocenters. The van der Waals surface area contributed by atoms with Crippen LogP contribution in [0.5, 0.6) is 5.75 Å². The van der Waals surface area contributed by atoms with Crippen molar-refractivity contribution in [3.63, 3.8) is 0 Å². The van der Waals surface area contributed by atoms with E-state index < -0.39 is 0 Å². The van der Waals surface area contributed by atoms with Crippen molar-refractivity contribution in [3.05, 3.63) is 77.6 Å². The second-order valence-electron chi connectivity index (χ2n) is 5.66. The lowest BCUT2D eigenvalue weighted by atomic mass is 9.93. The van der Waals surface area contributed by atoms with Crippen molar-refractivity contribution in [1.29, 1.82) is 0 Å². The highest BCUT2D eigenvalue weighted by Gasteiger charge is 2.14. The highest BCUT2D eigenvalue weighted by Crippen LogP contribution is 2.40. The summed E-state index contributed by atoms with van der Waals surface area (Å²) in [5, 5.41) is 3.92. The first-order valence-corrected chi connectivity index (χ1v) is 8.01. The molecule has 24 heavy (non-hydrogen) atoms. The van der Waals surface area contributed by atoms with Crippen LogP contribution < -0.4 is 4.74 Å². The number of hydrogen-bond acceptors (Lipinski definition) is 1. The molecule has 0 heterocycles. The average Bonchev–Trinajstić information content (AvgIpc) is 2.60. The minimum Gasteiger partial charge on any atom is -0.496 e. The Morgan fingerprint density at radius 3 is 2.29 bits per heavy atom. The number of benzene rings is 4. The van der Waals surface area contributed by atoms with E-state index in [0.717, 1.165) is 33.0 Å². The SMILES string of the molecule is COc1cccc2cccc(-c3cc(Cl)cc4cccc(F)c34)c12. The first kappa shape index (κ1) is 15.0. The lowest BCUT2D eigenvalue weighted by Crippen LogP contribution is -1.90. The van der Waals surface area contributed by atoms with Crippen LogP contribution >= 0.6 is 11.6 Å². The van der Waals surface area contributed by atoms with Crippen molar-refractivity contribution < 1.29 is 9.13 Å². The normalized spacial score (nSPS) is 11.1. The Labute approximate surface area is 144 Å². The van der Waals surface area contributed by atoms with Gasteiger partial charge in [-0.1, -0.05) is 54.1 Å². The van der Waals surface area contributed by atoms with Gasteiger partial charge in [0.25, 0.3) is 0 Å². The maximum Gasteiger partial charge on any atom is 0.131 e. The van der Waals surface area contributed by atoms with Gasteiger partial charge in [0, 0.05) is 15.8 Å². The van der Waals surface area contributed by atoms with Gasteiger partial charge in [0.1, 0.15) is 11.6 Å². The van der Waals surface area contributed by atoms with E-state index in [-0.39, 0.29) is 5.82 Å². The predicted octanol–water partition coefficient (Wildman–Crippen LogP) is 6.46. The Morgan fingerprint density at radius 1 is 0.792 bits per heavy atom. The number of ether oxygens (including phenoxy) is 1. The molecular formula is C21H14ClFO. The molecule has 0 radical (unpaired) electrons. The average molecular weight is 337 g/mol. The molecule has 4 rings (SSSR count). The Morgan fingerprint density at radius 2 is 1.50 bits per heavy atom. The van der Waals surface area contributed by atoms with E-state index in [1.165, 1.54) is 6.07 Å². The van der Waals surface area contributed by atoms with Gasteiger partial charge in [-0.25, -0.2) is 4.39 Å². The molecule has 0 N–H and O–H groups in total. The van der Waals surface area contributed by atoms with E-state index in [1.807, 2.05) is 48.5 Å². The summed E-state index contributed by atoms with van der Waals surface area (Å²) in [6, 6.07) is 20.5. The van der Waals surface area contributed by atoms with E-state index in [2.05, 4.69) is 0 Å². The van der Waals surface area contributed by atoms with E-state index in [0.29, 0.717) is 10.4 Å². The molecular weight excluding hydrogens is 323 g/mol.